The highest BCUT2D eigenvalue weighted by Gasteiger charge is 2.24. The van der Waals surface area contributed by atoms with Crippen LogP contribution in [-0.2, 0) is 21.8 Å². The van der Waals surface area contributed by atoms with Crippen LogP contribution in [0.2, 0.25) is 0 Å². The molecule has 8 heteroatoms. The van der Waals surface area contributed by atoms with Gasteiger partial charge in [0.15, 0.2) is 0 Å². The molecule has 162 valence electrons. The third-order valence-electron chi connectivity index (χ3n) is 3.94. The summed E-state index contributed by atoms with van der Waals surface area (Å²) in [5.41, 5.74) is 1.40. The minimum absolute atomic E-state index is 0.265. The first-order valence-corrected chi connectivity index (χ1v) is 10.8. The van der Waals surface area contributed by atoms with Crippen molar-refractivity contribution in [2.24, 2.45) is 0 Å². The smallest absolute Gasteiger partial charge is 0.408 e. The van der Waals surface area contributed by atoms with Crippen molar-refractivity contribution in [2.75, 3.05) is 12.9 Å². The van der Waals surface area contributed by atoms with Gasteiger partial charge in [-0.3, -0.25) is 9.78 Å². The van der Waals surface area contributed by atoms with E-state index in [1.807, 2.05) is 36.4 Å². The van der Waals surface area contributed by atoms with Crippen molar-refractivity contribution in [3.05, 3.63) is 59.9 Å². The Kier molecular flexibility index (Phi) is 8.98. The van der Waals surface area contributed by atoms with Crippen LogP contribution in [0.5, 0.6) is 5.75 Å². The van der Waals surface area contributed by atoms with Gasteiger partial charge in [-0.15, -0.1) is 0 Å². The molecule has 0 aliphatic heterocycles. The lowest BCUT2D eigenvalue weighted by atomic mass is 10.2. The molecule has 0 radical (unpaired) electrons. The SMILES string of the molecule is COc1ccc(CNC(=O)C(CSCc2ccncc2)NC(=O)OC(C)(C)C)cc1. The summed E-state index contributed by atoms with van der Waals surface area (Å²) in [6.07, 6.45) is 2.85. The topological polar surface area (TPSA) is 89.5 Å². The monoisotopic (exact) mass is 431 g/mol. The number of thioether (sulfide) groups is 1. The molecule has 0 aliphatic rings. The summed E-state index contributed by atoms with van der Waals surface area (Å²) in [4.78, 5) is 29.0. The van der Waals surface area contributed by atoms with Crippen molar-refractivity contribution in [1.82, 2.24) is 15.6 Å². The predicted octanol–water partition coefficient (Wildman–Crippen LogP) is 3.53. The Balaban J connectivity index is 1.94. The van der Waals surface area contributed by atoms with E-state index in [1.54, 1.807) is 52.0 Å². The molecule has 2 amide bonds. The lowest BCUT2D eigenvalue weighted by Gasteiger charge is -2.23. The molecule has 0 saturated carbocycles. The molecule has 2 N–H and O–H groups in total. The van der Waals surface area contributed by atoms with E-state index in [9.17, 15) is 9.59 Å². The van der Waals surface area contributed by atoms with Gasteiger partial charge in [0.25, 0.3) is 0 Å². The number of hydrogen-bond acceptors (Lipinski definition) is 6. The first-order chi connectivity index (χ1) is 14.3. The Bertz CT molecular complexity index is 807. The van der Waals surface area contributed by atoms with Gasteiger partial charge in [-0.05, 0) is 56.2 Å². The molecule has 1 unspecified atom stereocenters. The van der Waals surface area contributed by atoms with E-state index in [4.69, 9.17) is 9.47 Å². The Morgan fingerprint density at radius 1 is 1.07 bits per heavy atom. The first-order valence-electron chi connectivity index (χ1n) is 9.63. The lowest BCUT2D eigenvalue weighted by molar-refractivity contribution is -0.122. The van der Waals surface area contributed by atoms with Gasteiger partial charge in [-0.2, -0.15) is 11.8 Å². The maximum absolute atomic E-state index is 12.8. The molecule has 0 saturated heterocycles. The van der Waals surface area contributed by atoms with E-state index >= 15 is 0 Å². The first kappa shape index (κ1) is 23.5. The molecule has 1 aromatic heterocycles. The summed E-state index contributed by atoms with van der Waals surface area (Å²) >= 11 is 1.55. The van der Waals surface area contributed by atoms with Crippen LogP contribution in [0, 0.1) is 0 Å². The number of aromatic nitrogens is 1. The molecule has 0 fully saturated rings. The number of ether oxygens (including phenoxy) is 2. The average molecular weight is 432 g/mol. The number of methoxy groups -OCH3 is 1. The molecule has 0 spiro atoms. The zero-order valence-corrected chi connectivity index (χ0v) is 18.6. The number of nitrogens with zero attached hydrogens (tertiary/aromatic N) is 1. The molecule has 2 rings (SSSR count). The summed E-state index contributed by atoms with van der Waals surface area (Å²) in [7, 11) is 1.60. The second-order valence-electron chi connectivity index (χ2n) is 7.64. The number of nitrogens with one attached hydrogen (secondary N) is 2. The molecule has 0 aliphatic carbocycles. The highest BCUT2D eigenvalue weighted by Crippen LogP contribution is 2.14. The fraction of sp³-hybridized carbons (Fsp3) is 0.409. The lowest BCUT2D eigenvalue weighted by Crippen LogP contribution is -2.49. The van der Waals surface area contributed by atoms with E-state index in [-0.39, 0.29) is 5.91 Å². The predicted molar refractivity (Wildman–Crippen MR) is 118 cm³/mol. The Morgan fingerprint density at radius 2 is 1.73 bits per heavy atom. The van der Waals surface area contributed by atoms with Crippen molar-refractivity contribution >= 4 is 23.8 Å². The highest BCUT2D eigenvalue weighted by atomic mass is 32.2. The minimum atomic E-state index is -0.718. The Morgan fingerprint density at radius 3 is 2.33 bits per heavy atom. The van der Waals surface area contributed by atoms with Crippen molar-refractivity contribution in [2.45, 2.75) is 44.7 Å². The van der Waals surface area contributed by atoms with Crippen LogP contribution in [-0.4, -0.2) is 41.5 Å². The van der Waals surface area contributed by atoms with Crippen molar-refractivity contribution in [1.29, 1.82) is 0 Å². The van der Waals surface area contributed by atoms with Gasteiger partial charge in [-0.1, -0.05) is 12.1 Å². The van der Waals surface area contributed by atoms with Gasteiger partial charge in [0.05, 0.1) is 7.11 Å². The second kappa shape index (κ2) is 11.4. The zero-order valence-electron chi connectivity index (χ0n) is 17.8. The van der Waals surface area contributed by atoms with Crippen molar-refractivity contribution in [3.63, 3.8) is 0 Å². The largest absolute Gasteiger partial charge is 0.497 e. The summed E-state index contributed by atoms with van der Waals surface area (Å²) < 4.78 is 10.5. The number of hydrogen-bond donors (Lipinski definition) is 2. The van der Waals surface area contributed by atoms with Crippen LogP contribution < -0.4 is 15.4 Å². The van der Waals surface area contributed by atoms with Crippen LogP contribution in [0.1, 0.15) is 31.9 Å². The summed E-state index contributed by atoms with van der Waals surface area (Å²) in [6, 6.07) is 10.6. The van der Waals surface area contributed by atoms with Gasteiger partial charge in [0.2, 0.25) is 5.91 Å². The molecule has 1 heterocycles. The van der Waals surface area contributed by atoms with Gasteiger partial charge in [0, 0.05) is 30.4 Å². The number of benzene rings is 1. The maximum Gasteiger partial charge on any atom is 0.408 e. The standard InChI is InChI=1S/C22H29N3O4S/c1-22(2,3)29-21(27)25-19(15-30-14-17-9-11-23-12-10-17)20(26)24-13-16-5-7-18(28-4)8-6-16/h5-12,19H,13-15H2,1-4H3,(H,24,26)(H,25,27). The number of pyridine rings is 1. The highest BCUT2D eigenvalue weighted by molar-refractivity contribution is 7.98. The normalized spacial score (nSPS) is 12.0. The minimum Gasteiger partial charge on any atom is -0.497 e. The zero-order chi connectivity index (χ0) is 22.0. The van der Waals surface area contributed by atoms with E-state index in [0.717, 1.165) is 16.9 Å². The van der Waals surface area contributed by atoms with Crippen LogP contribution in [0.15, 0.2) is 48.8 Å². The van der Waals surface area contributed by atoms with Crippen molar-refractivity contribution in [3.8, 4) is 5.75 Å². The third kappa shape index (κ3) is 8.73. The molecular formula is C22H29N3O4S. The number of amides is 2. The Labute approximate surface area is 181 Å². The van der Waals surface area contributed by atoms with E-state index in [2.05, 4.69) is 15.6 Å². The van der Waals surface area contributed by atoms with Crippen LogP contribution >= 0.6 is 11.8 Å². The molecule has 1 aromatic carbocycles. The second-order valence-corrected chi connectivity index (χ2v) is 8.67. The van der Waals surface area contributed by atoms with Crippen LogP contribution in [0.25, 0.3) is 0 Å². The van der Waals surface area contributed by atoms with Gasteiger partial charge in [0.1, 0.15) is 17.4 Å². The van der Waals surface area contributed by atoms with Crippen molar-refractivity contribution < 1.29 is 19.1 Å². The number of alkyl carbamates (subject to hydrolysis) is 1. The van der Waals surface area contributed by atoms with Gasteiger partial charge >= 0.3 is 6.09 Å². The van der Waals surface area contributed by atoms with E-state index in [1.165, 1.54) is 0 Å². The fourth-order valence-electron chi connectivity index (χ4n) is 2.46. The third-order valence-corrected chi connectivity index (χ3v) is 5.04. The summed E-state index contributed by atoms with van der Waals surface area (Å²) in [5, 5.41) is 5.57. The van der Waals surface area contributed by atoms with Gasteiger partial charge in [-0.25, -0.2) is 4.79 Å². The molecule has 30 heavy (non-hydrogen) atoms. The van der Waals surface area contributed by atoms with E-state index < -0.39 is 17.7 Å². The number of carbonyl (C=O) groups excluding carboxylic acids is 2. The quantitative estimate of drug-likeness (QED) is 0.631. The summed E-state index contributed by atoms with van der Waals surface area (Å²) in [5.74, 6) is 1.61. The molecule has 1 atom stereocenters. The fourth-order valence-corrected chi connectivity index (χ4v) is 3.48. The van der Waals surface area contributed by atoms with Crippen LogP contribution in [0.3, 0.4) is 0 Å². The van der Waals surface area contributed by atoms with Gasteiger partial charge < -0.3 is 20.1 Å². The number of rotatable bonds is 9. The molecular weight excluding hydrogens is 402 g/mol. The van der Waals surface area contributed by atoms with E-state index in [0.29, 0.717) is 18.1 Å². The van der Waals surface area contributed by atoms with Crippen LogP contribution in [0.4, 0.5) is 4.79 Å². The number of carbonyl (C=O) groups is 2. The summed E-state index contributed by atoms with van der Waals surface area (Å²) in [6.45, 7) is 5.70. The molecule has 0 bridgehead atoms. The molecule has 2 aromatic rings. The maximum atomic E-state index is 12.8. The average Bonchev–Trinajstić information content (AvgIpc) is 2.71. The Hall–Kier alpha value is -2.74. The molecule has 7 nitrogen and oxygen atoms in total.